The van der Waals surface area contributed by atoms with E-state index in [1.807, 2.05) is 6.92 Å². The van der Waals surface area contributed by atoms with Gasteiger partial charge >= 0.3 is 5.97 Å². The van der Waals surface area contributed by atoms with E-state index in [9.17, 15) is 4.79 Å². The number of esters is 1. The molecule has 3 atom stereocenters. The monoisotopic (exact) mass is 378 g/mol. The Morgan fingerprint density at radius 2 is 1.48 bits per heavy atom. The number of ether oxygens (including phenoxy) is 1. The molecule has 0 aromatic carbocycles. The van der Waals surface area contributed by atoms with Gasteiger partial charge in [0.2, 0.25) is 0 Å². The molecule has 0 bridgehead atoms. The van der Waals surface area contributed by atoms with Gasteiger partial charge in [0, 0.05) is 0 Å². The van der Waals surface area contributed by atoms with Gasteiger partial charge in [0.25, 0.3) is 0 Å². The quantitative estimate of drug-likeness (QED) is 0.500. The maximum atomic E-state index is 12.6. The largest absolute Gasteiger partial charge is 0.455 e. The minimum absolute atomic E-state index is 0.327. The fourth-order valence-electron chi connectivity index (χ4n) is 2.55. The zero-order valence-corrected chi connectivity index (χ0v) is 19.4. The molecule has 1 rings (SSSR count). The number of cyclic esters (lactones) is 1. The average Bonchev–Trinajstić information content (AvgIpc) is 2.46. The summed E-state index contributed by atoms with van der Waals surface area (Å²) >= 11 is 0. The van der Waals surface area contributed by atoms with Crippen LogP contribution in [0, 0.1) is 0 Å². The Morgan fingerprint density at radius 1 is 0.957 bits per heavy atom. The van der Waals surface area contributed by atoms with Gasteiger partial charge in [-0.3, -0.25) is 0 Å². The van der Waals surface area contributed by atoms with Crippen LogP contribution in [-0.2, 0) is 22.8 Å². The zero-order valence-electron chi connectivity index (χ0n) is 16.4. The molecule has 1 fully saturated rings. The van der Waals surface area contributed by atoms with Gasteiger partial charge in [-0.05, 0) is 65.8 Å². The lowest BCUT2D eigenvalue weighted by atomic mass is 9.99. The Morgan fingerprint density at radius 3 is 1.87 bits per heavy atom. The van der Waals surface area contributed by atoms with E-state index in [1.54, 1.807) is 0 Å². The van der Waals surface area contributed by atoms with Gasteiger partial charge in [-0.25, -0.2) is 4.79 Å². The minimum Gasteiger partial charge on any atom is -0.455 e. The Labute approximate surface area is 144 Å². The van der Waals surface area contributed by atoms with Crippen molar-refractivity contribution in [2.75, 3.05) is 6.61 Å². The molecular formula is C15H34O5Si3. The van der Waals surface area contributed by atoms with E-state index in [2.05, 4.69) is 58.9 Å². The predicted molar refractivity (Wildman–Crippen MR) is 100 cm³/mol. The maximum Gasteiger partial charge on any atom is 0.340 e. The third-order valence-electron chi connectivity index (χ3n) is 3.22. The van der Waals surface area contributed by atoms with E-state index in [1.165, 1.54) is 0 Å². The summed E-state index contributed by atoms with van der Waals surface area (Å²) in [5.74, 6) is -0.327. The van der Waals surface area contributed by atoms with E-state index in [-0.39, 0.29) is 5.97 Å². The summed E-state index contributed by atoms with van der Waals surface area (Å²) < 4.78 is 24.2. The Balaban J connectivity index is 3.06. The molecule has 136 valence electrons. The highest BCUT2D eigenvalue weighted by Gasteiger charge is 2.58. The van der Waals surface area contributed by atoms with Gasteiger partial charge in [-0.2, -0.15) is 0 Å². The number of hydrogen-bond acceptors (Lipinski definition) is 5. The first kappa shape index (κ1) is 21.0. The van der Waals surface area contributed by atoms with Crippen LogP contribution in [-0.4, -0.2) is 55.3 Å². The van der Waals surface area contributed by atoms with Crippen molar-refractivity contribution in [3.05, 3.63) is 0 Å². The summed E-state index contributed by atoms with van der Waals surface area (Å²) in [4.78, 5) is 12.6. The second-order valence-corrected chi connectivity index (χ2v) is 22.7. The van der Waals surface area contributed by atoms with Crippen LogP contribution in [0.25, 0.3) is 0 Å². The van der Waals surface area contributed by atoms with Crippen molar-refractivity contribution in [2.45, 2.75) is 83.7 Å². The summed E-state index contributed by atoms with van der Waals surface area (Å²) in [6, 6.07) is 0. The molecule has 0 aliphatic carbocycles. The van der Waals surface area contributed by atoms with Crippen molar-refractivity contribution in [3.8, 4) is 0 Å². The molecule has 23 heavy (non-hydrogen) atoms. The molecule has 5 nitrogen and oxygen atoms in total. The first-order valence-electron chi connectivity index (χ1n) is 8.27. The van der Waals surface area contributed by atoms with Crippen molar-refractivity contribution in [1.29, 1.82) is 0 Å². The van der Waals surface area contributed by atoms with Crippen molar-refractivity contribution >= 4 is 30.9 Å². The van der Waals surface area contributed by atoms with Crippen molar-refractivity contribution in [3.63, 3.8) is 0 Å². The van der Waals surface area contributed by atoms with Gasteiger partial charge in [-0.15, -0.1) is 0 Å². The van der Waals surface area contributed by atoms with Crippen LogP contribution in [0.4, 0.5) is 0 Å². The molecule has 0 amide bonds. The second kappa shape index (κ2) is 6.72. The third kappa shape index (κ3) is 6.43. The van der Waals surface area contributed by atoms with E-state index >= 15 is 0 Å². The summed E-state index contributed by atoms with van der Waals surface area (Å²) in [5, 5.41) is 0. The average molecular weight is 379 g/mol. The van der Waals surface area contributed by atoms with Crippen LogP contribution < -0.4 is 0 Å². The lowest BCUT2D eigenvalue weighted by Gasteiger charge is -2.38. The fourth-order valence-corrected chi connectivity index (χ4v) is 5.82. The molecule has 0 aromatic heterocycles. The Kier molecular flexibility index (Phi) is 6.15. The number of carbonyl (C=O) groups is 1. The fraction of sp³-hybridized carbons (Fsp3) is 0.933. The van der Waals surface area contributed by atoms with Crippen molar-refractivity contribution < 1.29 is 22.8 Å². The van der Waals surface area contributed by atoms with Crippen LogP contribution >= 0.6 is 0 Å². The van der Waals surface area contributed by atoms with Crippen molar-refractivity contribution in [1.82, 2.24) is 0 Å². The molecule has 1 heterocycles. The lowest BCUT2D eigenvalue weighted by molar-refractivity contribution is -0.153. The van der Waals surface area contributed by atoms with Gasteiger partial charge in [0.15, 0.2) is 36.7 Å². The van der Waals surface area contributed by atoms with Crippen LogP contribution in [0.15, 0.2) is 0 Å². The van der Waals surface area contributed by atoms with Crippen molar-refractivity contribution in [2.24, 2.45) is 0 Å². The minimum atomic E-state index is -1.94. The summed E-state index contributed by atoms with van der Waals surface area (Å²) in [7, 11) is -5.51. The maximum absolute atomic E-state index is 12.6. The zero-order chi connectivity index (χ0) is 18.3. The smallest absolute Gasteiger partial charge is 0.340 e. The Bertz CT molecular complexity index is 436. The molecule has 1 aliphatic heterocycles. The first-order chi connectivity index (χ1) is 10.0. The molecule has 8 heteroatoms. The molecular weight excluding hydrogens is 344 g/mol. The number of carbonyl (C=O) groups excluding carboxylic acids is 1. The Hall–Kier alpha value is 0.000649. The highest BCUT2D eigenvalue weighted by molar-refractivity contribution is 6.70. The van der Waals surface area contributed by atoms with Gasteiger partial charge in [0.1, 0.15) is 6.10 Å². The predicted octanol–water partition coefficient (Wildman–Crippen LogP) is 3.59. The molecule has 0 spiro atoms. The normalized spacial score (nSPS) is 29.7. The molecule has 0 aromatic rings. The van der Waals surface area contributed by atoms with Crippen LogP contribution in [0.3, 0.4) is 0 Å². The highest BCUT2D eigenvalue weighted by Crippen LogP contribution is 2.36. The number of rotatable bonds is 7. The topological polar surface area (TPSA) is 54.0 Å². The molecule has 0 unspecified atom stereocenters. The molecule has 1 aliphatic rings. The summed E-state index contributed by atoms with van der Waals surface area (Å²) in [6.45, 7) is 21.1. The third-order valence-corrected chi connectivity index (χ3v) is 6.25. The summed E-state index contributed by atoms with van der Waals surface area (Å²) in [5.41, 5.74) is -1.04. The van der Waals surface area contributed by atoms with Crippen LogP contribution in [0.2, 0.25) is 58.9 Å². The van der Waals surface area contributed by atoms with Crippen LogP contribution in [0.5, 0.6) is 0 Å². The van der Waals surface area contributed by atoms with Gasteiger partial charge < -0.3 is 18.0 Å². The van der Waals surface area contributed by atoms with E-state index in [4.69, 9.17) is 18.0 Å². The molecule has 0 radical (unpaired) electrons. The summed E-state index contributed by atoms with van der Waals surface area (Å²) in [6.07, 6.45) is -0.813. The van der Waals surface area contributed by atoms with Gasteiger partial charge in [0.05, 0.1) is 6.61 Å². The standard InChI is InChI=1S/C15H34O5Si3/c1-15(20-23(8,9)10)13(19-22(5,6)7)12(18-14(15)16)11-17-21(2,3)4/h12-13H,11H2,1-10H3/t12-,13-,15-/m1/s1. The number of hydrogen-bond donors (Lipinski definition) is 0. The van der Waals surface area contributed by atoms with E-state index in [0.717, 1.165) is 0 Å². The second-order valence-electron chi connectivity index (χ2n) is 9.34. The van der Waals surface area contributed by atoms with Gasteiger partial charge in [-0.1, -0.05) is 0 Å². The molecule has 1 saturated heterocycles. The first-order valence-corrected chi connectivity index (χ1v) is 18.5. The highest BCUT2D eigenvalue weighted by atomic mass is 28.4. The molecule has 0 saturated carbocycles. The van der Waals surface area contributed by atoms with Crippen LogP contribution in [0.1, 0.15) is 6.92 Å². The van der Waals surface area contributed by atoms with E-state index < -0.39 is 42.8 Å². The van der Waals surface area contributed by atoms with E-state index in [0.29, 0.717) is 6.61 Å². The SMILES string of the molecule is C[C@]1(O[Si](C)(C)C)C(=O)O[C@H](CO[Si](C)(C)C)[C@H]1O[Si](C)(C)C. The lowest BCUT2D eigenvalue weighted by Crippen LogP contribution is -2.56. The molecule has 0 N–H and O–H groups in total.